The summed E-state index contributed by atoms with van der Waals surface area (Å²) in [5, 5.41) is 4.61. The van der Waals surface area contributed by atoms with Crippen LogP contribution in [0.5, 0.6) is 5.75 Å². The Labute approximate surface area is 117 Å². The SMILES string of the molecule is NCC(Oc1ccc(Br)cc1Cl)c1ccsc1. The molecule has 0 amide bonds. The van der Waals surface area contributed by atoms with Gasteiger partial charge in [0.1, 0.15) is 11.9 Å². The van der Waals surface area contributed by atoms with Gasteiger partial charge in [0.05, 0.1) is 5.02 Å². The summed E-state index contributed by atoms with van der Waals surface area (Å²) in [6.45, 7) is 0.420. The Bertz CT molecular complexity index is 489. The first-order valence-corrected chi connectivity index (χ1v) is 7.16. The van der Waals surface area contributed by atoms with E-state index in [1.54, 1.807) is 17.4 Å². The van der Waals surface area contributed by atoms with Gasteiger partial charge in [-0.05, 0) is 35.0 Å². The predicted octanol–water partition coefficient (Wildman–Crippen LogP) is 4.24. The fourth-order valence-corrected chi connectivity index (χ4v) is 2.85. The molecular formula is C12H11BrClNOS. The summed E-state index contributed by atoms with van der Waals surface area (Å²) in [7, 11) is 0. The minimum atomic E-state index is -0.153. The van der Waals surface area contributed by atoms with Crippen LogP contribution in [0.4, 0.5) is 0 Å². The molecule has 90 valence electrons. The van der Waals surface area contributed by atoms with E-state index in [4.69, 9.17) is 22.1 Å². The third-order valence-corrected chi connectivity index (χ3v) is 3.78. The van der Waals surface area contributed by atoms with Gasteiger partial charge in [0, 0.05) is 16.6 Å². The molecule has 0 saturated carbocycles. The molecule has 0 bridgehead atoms. The van der Waals surface area contributed by atoms with Crippen molar-refractivity contribution in [3.05, 3.63) is 50.1 Å². The van der Waals surface area contributed by atoms with Crippen LogP contribution in [0.2, 0.25) is 5.02 Å². The summed E-state index contributed by atoms with van der Waals surface area (Å²) in [5.41, 5.74) is 6.80. The van der Waals surface area contributed by atoms with Crippen molar-refractivity contribution in [3.8, 4) is 5.75 Å². The Morgan fingerprint density at radius 3 is 2.82 bits per heavy atom. The zero-order chi connectivity index (χ0) is 12.3. The van der Waals surface area contributed by atoms with Crippen molar-refractivity contribution in [3.63, 3.8) is 0 Å². The molecule has 1 unspecified atom stereocenters. The van der Waals surface area contributed by atoms with Crippen molar-refractivity contribution in [2.24, 2.45) is 5.73 Å². The molecule has 17 heavy (non-hydrogen) atoms. The fourth-order valence-electron chi connectivity index (χ4n) is 1.43. The highest BCUT2D eigenvalue weighted by molar-refractivity contribution is 9.10. The summed E-state index contributed by atoms with van der Waals surface area (Å²) in [6, 6.07) is 7.54. The third-order valence-electron chi connectivity index (χ3n) is 2.29. The second-order valence-corrected chi connectivity index (χ2v) is 5.58. The molecule has 0 aliphatic carbocycles. The fraction of sp³-hybridized carbons (Fsp3) is 0.167. The molecule has 5 heteroatoms. The normalized spacial score (nSPS) is 12.4. The van der Waals surface area contributed by atoms with Gasteiger partial charge < -0.3 is 10.5 Å². The monoisotopic (exact) mass is 331 g/mol. The summed E-state index contributed by atoms with van der Waals surface area (Å²) in [4.78, 5) is 0. The molecule has 0 saturated heterocycles. The van der Waals surface area contributed by atoms with Gasteiger partial charge in [-0.1, -0.05) is 27.5 Å². The van der Waals surface area contributed by atoms with E-state index in [1.165, 1.54) is 0 Å². The van der Waals surface area contributed by atoms with Crippen LogP contribution in [0.25, 0.3) is 0 Å². The number of halogens is 2. The van der Waals surface area contributed by atoms with Crippen molar-refractivity contribution in [2.75, 3.05) is 6.54 Å². The lowest BCUT2D eigenvalue weighted by molar-refractivity contribution is 0.215. The van der Waals surface area contributed by atoms with Crippen molar-refractivity contribution in [1.29, 1.82) is 0 Å². The van der Waals surface area contributed by atoms with Gasteiger partial charge in [0.25, 0.3) is 0 Å². The highest BCUT2D eigenvalue weighted by Gasteiger charge is 2.13. The van der Waals surface area contributed by atoms with E-state index in [2.05, 4.69) is 15.9 Å². The second-order valence-electron chi connectivity index (χ2n) is 3.47. The highest BCUT2D eigenvalue weighted by atomic mass is 79.9. The molecule has 1 atom stereocenters. The molecule has 0 spiro atoms. The zero-order valence-corrected chi connectivity index (χ0v) is 12.1. The van der Waals surface area contributed by atoms with Crippen molar-refractivity contribution >= 4 is 38.9 Å². The number of nitrogens with two attached hydrogens (primary N) is 1. The van der Waals surface area contributed by atoms with Gasteiger partial charge >= 0.3 is 0 Å². The first-order valence-electron chi connectivity index (χ1n) is 5.04. The van der Waals surface area contributed by atoms with Gasteiger partial charge in [0.2, 0.25) is 0 Å². The smallest absolute Gasteiger partial charge is 0.138 e. The number of benzene rings is 1. The van der Waals surface area contributed by atoms with Crippen LogP contribution >= 0.6 is 38.9 Å². The molecule has 1 aromatic carbocycles. The molecule has 1 aromatic heterocycles. The van der Waals surface area contributed by atoms with Crippen LogP contribution in [0.3, 0.4) is 0 Å². The lowest BCUT2D eigenvalue weighted by Gasteiger charge is -2.17. The lowest BCUT2D eigenvalue weighted by atomic mass is 10.2. The van der Waals surface area contributed by atoms with Gasteiger partial charge in [-0.25, -0.2) is 0 Å². The number of thiophene rings is 1. The van der Waals surface area contributed by atoms with Crippen LogP contribution in [0.1, 0.15) is 11.7 Å². The summed E-state index contributed by atoms with van der Waals surface area (Å²) >= 11 is 11.1. The van der Waals surface area contributed by atoms with E-state index in [-0.39, 0.29) is 6.10 Å². The first kappa shape index (κ1) is 12.9. The van der Waals surface area contributed by atoms with Crippen LogP contribution in [0.15, 0.2) is 39.5 Å². The van der Waals surface area contributed by atoms with E-state index >= 15 is 0 Å². The Hall–Kier alpha value is -0.550. The summed E-state index contributed by atoms with van der Waals surface area (Å²) in [5.74, 6) is 0.650. The number of ether oxygens (including phenoxy) is 1. The van der Waals surface area contributed by atoms with Crippen LogP contribution in [0, 0.1) is 0 Å². The zero-order valence-electron chi connectivity index (χ0n) is 8.90. The molecule has 2 aromatic rings. The van der Waals surface area contributed by atoms with E-state index in [0.717, 1.165) is 10.0 Å². The standard InChI is InChI=1S/C12H11BrClNOS/c13-9-1-2-11(10(14)5-9)16-12(6-15)8-3-4-17-7-8/h1-5,7,12H,6,15H2. The van der Waals surface area contributed by atoms with Gasteiger partial charge in [0.15, 0.2) is 0 Å². The van der Waals surface area contributed by atoms with Crippen molar-refractivity contribution in [2.45, 2.75) is 6.10 Å². The molecular weight excluding hydrogens is 322 g/mol. The molecule has 0 fully saturated rings. The van der Waals surface area contributed by atoms with Gasteiger partial charge in [-0.15, -0.1) is 0 Å². The summed E-state index contributed by atoms with van der Waals surface area (Å²) < 4.78 is 6.75. The average molecular weight is 333 g/mol. The maximum atomic E-state index is 6.10. The van der Waals surface area contributed by atoms with E-state index < -0.39 is 0 Å². The first-order chi connectivity index (χ1) is 8.20. The molecule has 2 rings (SSSR count). The highest BCUT2D eigenvalue weighted by Crippen LogP contribution is 2.31. The molecule has 2 nitrogen and oxygen atoms in total. The molecule has 2 N–H and O–H groups in total. The Morgan fingerprint density at radius 1 is 1.41 bits per heavy atom. The minimum absolute atomic E-state index is 0.153. The average Bonchev–Trinajstić information content (AvgIpc) is 2.81. The van der Waals surface area contributed by atoms with Crippen molar-refractivity contribution in [1.82, 2.24) is 0 Å². The van der Waals surface area contributed by atoms with Gasteiger partial charge in [-0.2, -0.15) is 11.3 Å². The third kappa shape index (κ3) is 3.22. The van der Waals surface area contributed by atoms with Crippen LogP contribution < -0.4 is 10.5 Å². The van der Waals surface area contributed by atoms with E-state index in [0.29, 0.717) is 17.3 Å². The molecule has 0 radical (unpaired) electrons. The Balaban J connectivity index is 2.19. The number of rotatable bonds is 4. The Kier molecular flexibility index (Phi) is 4.45. The number of hydrogen-bond donors (Lipinski definition) is 1. The lowest BCUT2D eigenvalue weighted by Crippen LogP contribution is -2.17. The van der Waals surface area contributed by atoms with Gasteiger partial charge in [-0.3, -0.25) is 0 Å². The predicted molar refractivity (Wildman–Crippen MR) is 75.9 cm³/mol. The van der Waals surface area contributed by atoms with Crippen LogP contribution in [-0.2, 0) is 0 Å². The maximum absolute atomic E-state index is 6.10. The topological polar surface area (TPSA) is 35.2 Å². The van der Waals surface area contributed by atoms with Crippen molar-refractivity contribution < 1.29 is 4.74 Å². The number of hydrogen-bond acceptors (Lipinski definition) is 3. The van der Waals surface area contributed by atoms with E-state index in [1.807, 2.05) is 29.0 Å². The quantitative estimate of drug-likeness (QED) is 0.908. The Morgan fingerprint density at radius 2 is 2.24 bits per heavy atom. The second kappa shape index (κ2) is 5.87. The minimum Gasteiger partial charge on any atom is -0.483 e. The largest absolute Gasteiger partial charge is 0.483 e. The molecule has 0 aliphatic heterocycles. The summed E-state index contributed by atoms with van der Waals surface area (Å²) in [6.07, 6.45) is -0.153. The maximum Gasteiger partial charge on any atom is 0.138 e. The molecule has 1 heterocycles. The molecule has 0 aliphatic rings. The van der Waals surface area contributed by atoms with E-state index in [9.17, 15) is 0 Å². The van der Waals surface area contributed by atoms with Crippen LogP contribution in [-0.4, -0.2) is 6.54 Å².